The minimum Gasteiger partial charge on any atom is -0.323 e. The van der Waals surface area contributed by atoms with Crippen LogP contribution in [0.2, 0.25) is 5.02 Å². The fourth-order valence-electron chi connectivity index (χ4n) is 1.04. The van der Waals surface area contributed by atoms with Crippen LogP contribution in [-0.4, -0.2) is 11.9 Å². The second kappa shape index (κ2) is 4.93. The molecule has 0 saturated carbocycles. The fourth-order valence-corrected chi connectivity index (χ4v) is 1.27. The number of benzene rings is 1. The lowest BCUT2D eigenvalue weighted by Crippen LogP contribution is -2.32. The van der Waals surface area contributed by atoms with Crippen molar-refractivity contribution in [1.29, 1.82) is 0 Å². The van der Waals surface area contributed by atoms with E-state index in [0.717, 1.165) is 18.2 Å². The highest BCUT2D eigenvalue weighted by Gasteiger charge is 2.31. The van der Waals surface area contributed by atoms with Gasteiger partial charge in [0, 0.05) is 0 Å². The molecule has 17 heavy (non-hydrogen) atoms. The summed E-state index contributed by atoms with van der Waals surface area (Å²) >= 11 is 5.63. The minimum atomic E-state index is -4.46. The number of hydrogen-bond donors (Lipinski definition) is 2. The number of carbonyl (C=O) groups is 1. The van der Waals surface area contributed by atoms with Gasteiger partial charge in [-0.3, -0.25) is 4.79 Å². The van der Waals surface area contributed by atoms with Crippen molar-refractivity contribution >= 4 is 23.2 Å². The molecule has 1 amide bonds. The average Bonchev–Trinajstić information content (AvgIpc) is 2.19. The molecule has 0 fully saturated rings. The van der Waals surface area contributed by atoms with Gasteiger partial charge in [0.15, 0.2) is 0 Å². The van der Waals surface area contributed by atoms with Gasteiger partial charge in [-0.25, -0.2) is 0 Å². The zero-order valence-corrected chi connectivity index (χ0v) is 9.56. The maximum atomic E-state index is 12.3. The van der Waals surface area contributed by atoms with Crippen LogP contribution in [0.3, 0.4) is 0 Å². The Morgan fingerprint density at radius 1 is 1.47 bits per heavy atom. The molecule has 3 nitrogen and oxygen atoms in total. The van der Waals surface area contributed by atoms with E-state index in [1.54, 1.807) is 0 Å². The van der Waals surface area contributed by atoms with E-state index >= 15 is 0 Å². The molecule has 0 spiro atoms. The molecule has 0 heterocycles. The molecule has 0 aromatic heterocycles. The first-order chi connectivity index (χ1) is 7.71. The normalized spacial score (nSPS) is 13.3. The van der Waals surface area contributed by atoms with Crippen molar-refractivity contribution in [1.82, 2.24) is 0 Å². The Morgan fingerprint density at radius 2 is 2.06 bits per heavy atom. The molecule has 0 aliphatic rings. The van der Waals surface area contributed by atoms with E-state index in [4.69, 9.17) is 17.3 Å². The lowest BCUT2D eigenvalue weighted by Gasteiger charge is -2.12. The van der Waals surface area contributed by atoms with Gasteiger partial charge < -0.3 is 11.1 Å². The van der Waals surface area contributed by atoms with E-state index in [9.17, 15) is 18.0 Å². The maximum absolute atomic E-state index is 12.3. The van der Waals surface area contributed by atoms with Crippen molar-refractivity contribution in [3.05, 3.63) is 28.8 Å². The third kappa shape index (κ3) is 3.61. The van der Waals surface area contributed by atoms with Gasteiger partial charge in [-0.05, 0) is 25.1 Å². The van der Waals surface area contributed by atoms with Gasteiger partial charge in [-0.15, -0.1) is 0 Å². The second-order valence-corrected chi connectivity index (χ2v) is 3.88. The van der Waals surface area contributed by atoms with Gasteiger partial charge in [0.25, 0.3) is 0 Å². The van der Waals surface area contributed by atoms with Crippen LogP contribution < -0.4 is 11.1 Å². The highest BCUT2D eigenvalue weighted by molar-refractivity contribution is 6.33. The molecular weight excluding hydrogens is 257 g/mol. The lowest BCUT2D eigenvalue weighted by atomic mass is 10.2. The molecule has 1 aromatic rings. The molecule has 94 valence electrons. The molecule has 1 atom stereocenters. The first-order valence-corrected chi connectivity index (χ1v) is 5.03. The Balaban J connectivity index is 2.95. The standard InChI is InChI=1S/C10H10ClF3N2O/c1-5(15)9(17)16-8-3-2-6(4-7(8)11)10(12,13)14/h2-5H,15H2,1H3,(H,16,17)/t5-/m1/s1. The average molecular weight is 267 g/mol. The monoisotopic (exact) mass is 266 g/mol. The number of amides is 1. The summed E-state index contributed by atoms with van der Waals surface area (Å²) in [6.45, 7) is 1.45. The van der Waals surface area contributed by atoms with Crippen LogP contribution in [0.4, 0.5) is 18.9 Å². The summed E-state index contributed by atoms with van der Waals surface area (Å²) in [7, 11) is 0. The third-order valence-corrected chi connectivity index (χ3v) is 2.28. The van der Waals surface area contributed by atoms with Crippen molar-refractivity contribution in [2.24, 2.45) is 5.73 Å². The number of nitrogens with two attached hydrogens (primary N) is 1. The summed E-state index contributed by atoms with van der Waals surface area (Å²) in [6.07, 6.45) is -4.46. The number of carbonyl (C=O) groups excluding carboxylic acids is 1. The predicted octanol–water partition coefficient (Wildman–Crippen LogP) is 2.64. The van der Waals surface area contributed by atoms with E-state index in [2.05, 4.69) is 5.32 Å². The van der Waals surface area contributed by atoms with Crippen LogP contribution >= 0.6 is 11.6 Å². The van der Waals surface area contributed by atoms with Crippen molar-refractivity contribution in [2.45, 2.75) is 19.1 Å². The second-order valence-electron chi connectivity index (χ2n) is 3.47. The summed E-state index contributed by atoms with van der Waals surface area (Å²) in [5.74, 6) is -0.522. The summed E-state index contributed by atoms with van der Waals surface area (Å²) in [5.41, 5.74) is 4.52. The van der Waals surface area contributed by atoms with Crippen LogP contribution in [0, 0.1) is 0 Å². The quantitative estimate of drug-likeness (QED) is 0.865. The molecular formula is C10H10ClF3N2O. The Hall–Kier alpha value is -1.27. The molecule has 0 aliphatic heterocycles. The molecule has 7 heteroatoms. The SMILES string of the molecule is C[C@@H](N)C(=O)Nc1ccc(C(F)(F)F)cc1Cl. The molecule has 0 bridgehead atoms. The van der Waals surface area contributed by atoms with Crippen LogP contribution in [0.25, 0.3) is 0 Å². The lowest BCUT2D eigenvalue weighted by molar-refractivity contribution is -0.137. The highest BCUT2D eigenvalue weighted by atomic mass is 35.5. The van der Waals surface area contributed by atoms with Gasteiger partial charge in [0.1, 0.15) is 0 Å². The number of hydrogen-bond acceptors (Lipinski definition) is 2. The number of anilines is 1. The van der Waals surface area contributed by atoms with E-state index in [1.165, 1.54) is 6.92 Å². The maximum Gasteiger partial charge on any atom is 0.416 e. The first-order valence-electron chi connectivity index (χ1n) is 4.65. The summed E-state index contributed by atoms with van der Waals surface area (Å²) < 4.78 is 37.0. The van der Waals surface area contributed by atoms with Gasteiger partial charge >= 0.3 is 6.18 Å². The predicted molar refractivity (Wildman–Crippen MR) is 58.7 cm³/mol. The number of halogens is 4. The number of nitrogens with one attached hydrogen (secondary N) is 1. The minimum absolute atomic E-state index is 0.0990. The Labute approximate surface area is 101 Å². The summed E-state index contributed by atoms with van der Waals surface area (Å²) in [4.78, 5) is 11.2. The fraction of sp³-hybridized carbons (Fsp3) is 0.300. The topological polar surface area (TPSA) is 55.1 Å². The van der Waals surface area contributed by atoms with Crippen molar-refractivity contribution in [2.75, 3.05) is 5.32 Å². The van der Waals surface area contributed by atoms with Gasteiger partial charge in [0.05, 0.1) is 22.3 Å². The molecule has 0 aliphatic carbocycles. The first kappa shape index (κ1) is 13.8. The molecule has 0 unspecified atom stereocenters. The van der Waals surface area contributed by atoms with E-state index < -0.39 is 23.7 Å². The molecule has 1 rings (SSSR count). The highest BCUT2D eigenvalue weighted by Crippen LogP contribution is 2.33. The zero-order valence-electron chi connectivity index (χ0n) is 8.81. The summed E-state index contributed by atoms with van der Waals surface area (Å²) in [6, 6.07) is 1.90. The van der Waals surface area contributed by atoms with Crippen LogP contribution in [0.1, 0.15) is 12.5 Å². The third-order valence-electron chi connectivity index (χ3n) is 1.97. The van der Waals surface area contributed by atoms with Gasteiger partial charge in [0.2, 0.25) is 5.91 Å². The largest absolute Gasteiger partial charge is 0.416 e. The van der Waals surface area contributed by atoms with Crippen LogP contribution in [-0.2, 0) is 11.0 Å². The summed E-state index contributed by atoms with van der Waals surface area (Å²) in [5, 5.41) is 2.14. The molecule has 0 radical (unpaired) electrons. The Kier molecular flexibility index (Phi) is 4.00. The van der Waals surface area contributed by atoms with Crippen molar-refractivity contribution in [3.63, 3.8) is 0 Å². The van der Waals surface area contributed by atoms with Crippen LogP contribution in [0.15, 0.2) is 18.2 Å². The molecule has 1 aromatic carbocycles. The van der Waals surface area contributed by atoms with E-state index in [-0.39, 0.29) is 10.7 Å². The van der Waals surface area contributed by atoms with Crippen molar-refractivity contribution < 1.29 is 18.0 Å². The molecule has 3 N–H and O–H groups in total. The zero-order chi connectivity index (χ0) is 13.2. The van der Waals surface area contributed by atoms with E-state index in [0.29, 0.717) is 0 Å². The molecule has 0 saturated heterocycles. The van der Waals surface area contributed by atoms with E-state index in [1.807, 2.05) is 0 Å². The number of rotatable bonds is 2. The Morgan fingerprint density at radius 3 is 2.47 bits per heavy atom. The van der Waals surface area contributed by atoms with Gasteiger partial charge in [-0.1, -0.05) is 11.6 Å². The smallest absolute Gasteiger partial charge is 0.323 e. The van der Waals surface area contributed by atoms with Gasteiger partial charge in [-0.2, -0.15) is 13.2 Å². The number of alkyl halides is 3. The van der Waals surface area contributed by atoms with Crippen LogP contribution in [0.5, 0.6) is 0 Å². The Bertz CT molecular complexity index is 432. The van der Waals surface area contributed by atoms with Crippen molar-refractivity contribution in [3.8, 4) is 0 Å².